The fourth-order valence-corrected chi connectivity index (χ4v) is 5.13. The number of benzene rings is 2. The number of H-pyrrole nitrogens is 1. The van der Waals surface area contributed by atoms with Gasteiger partial charge in [-0.3, -0.25) is 14.3 Å². The van der Waals surface area contributed by atoms with Crippen LogP contribution in [0.4, 0.5) is 11.4 Å². The van der Waals surface area contributed by atoms with E-state index >= 15 is 0 Å². The van der Waals surface area contributed by atoms with Gasteiger partial charge in [-0.25, -0.2) is 4.79 Å². The summed E-state index contributed by atoms with van der Waals surface area (Å²) in [6.07, 6.45) is -1.56. The van der Waals surface area contributed by atoms with Crippen LogP contribution in [0.2, 0.25) is 10.0 Å². The third-order valence-corrected chi connectivity index (χ3v) is 6.89. The number of hydrogen-bond acceptors (Lipinski definition) is 7. The molecule has 3 aromatic rings. The zero-order valence-corrected chi connectivity index (χ0v) is 20.1. The zero-order chi connectivity index (χ0) is 24.7. The highest BCUT2D eigenvalue weighted by molar-refractivity contribution is 6.31. The Bertz CT molecular complexity index is 1290. The largest absolute Gasteiger partial charge is 0.394 e. The molecule has 0 aliphatic carbocycles. The van der Waals surface area contributed by atoms with E-state index in [0.29, 0.717) is 28.7 Å². The van der Waals surface area contributed by atoms with Crippen LogP contribution in [0, 0.1) is 0 Å². The second kappa shape index (κ2) is 9.67. The van der Waals surface area contributed by atoms with Crippen molar-refractivity contribution in [1.82, 2.24) is 9.55 Å². The number of hydrogen-bond donors (Lipinski definition) is 3. The molecule has 0 bridgehead atoms. The number of nitrogens with zero attached hydrogens (tertiary/aromatic N) is 3. The van der Waals surface area contributed by atoms with E-state index in [0.717, 1.165) is 11.4 Å². The highest BCUT2D eigenvalue weighted by Crippen LogP contribution is 2.38. The van der Waals surface area contributed by atoms with Crippen LogP contribution in [0.1, 0.15) is 24.4 Å². The Balaban J connectivity index is 1.62. The van der Waals surface area contributed by atoms with E-state index in [1.807, 2.05) is 46.2 Å². The first-order valence-corrected chi connectivity index (χ1v) is 12.0. The first-order chi connectivity index (χ1) is 16.9. The lowest BCUT2D eigenvalue weighted by atomic mass is 10.1. The van der Waals surface area contributed by atoms with E-state index in [1.165, 1.54) is 10.8 Å². The molecule has 11 heteroatoms. The van der Waals surface area contributed by atoms with Gasteiger partial charge in [0, 0.05) is 47.1 Å². The molecule has 0 radical (unpaired) electrons. The van der Waals surface area contributed by atoms with E-state index < -0.39 is 35.9 Å². The van der Waals surface area contributed by atoms with E-state index in [4.69, 9.17) is 27.9 Å². The van der Waals surface area contributed by atoms with Gasteiger partial charge in [-0.2, -0.15) is 0 Å². The van der Waals surface area contributed by atoms with Gasteiger partial charge in [-0.15, -0.1) is 0 Å². The van der Waals surface area contributed by atoms with Crippen molar-refractivity contribution in [1.29, 1.82) is 0 Å². The second-order valence-electron chi connectivity index (χ2n) is 8.59. The molecular weight excluding hydrogens is 495 g/mol. The van der Waals surface area contributed by atoms with Crippen LogP contribution in [0.15, 0.2) is 64.3 Å². The Hall–Kier alpha value is -2.82. The van der Waals surface area contributed by atoms with Crippen molar-refractivity contribution in [3.8, 4) is 0 Å². The second-order valence-corrected chi connectivity index (χ2v) is 9.46. The minimum atomic E-state index is -0.926. The van der Waals surface area contributed by atoms with Crippen molar-refractivity contribution in [2.45, 2.75) is 31.0 Å². The van der Waals surface area contributed by atoms with Crippen LogP contribution >= 0.6 is 23.2 Å². The molecule has 3 N–H and O–H groups in total. The summed E-state index contributed by atoms with van der Waals surface area (Å²) in [5.41, 5.74) is 0.757. The lowest BCUT2D eigenvalue weighted by molar-refractivity contribution is -0.0460. The highest BCUT2D eigenvalue weighted by Gasteiger charge is 2.38. The van der Waals surface area contributed by atoms with Gasteiger partial charge in [-0.1, -0.05) is 35.3 Å². The van der Waals surface area contributed by atoms with E-state index in [2.05, 4.69) is 4.98 Å². The maximum absolute atomic E-state index is 13.2. The Morgan fingerprint density at radius 2 is 1.60 bits per heavy atom. The Kier molecular flexibility index (Phi) is 6.61. The quantitative estimate of drug-likeness (QED) is 0.475. The predicted molar refractivity (Wildman–Crippen MR) is 133 cm³/mol. The topological polar surface area (TPSA) is 111 Å². The number of rotatable bonds is 5. The molecule has 2 saturated heterocycles. The van der Waals surface area contributed by atoms with E-state index in [1.54, 1.807) is 12.1 Å². The molecule has 0 spiro atoms. The monoisotopic (exact) mass is 518 g/mol. The van der Waals surface area contributed by atoms with Crippen LogP contribution in [-0.2, 0) is 4.74 Å². The van der Waals surface area contributed by atoms with Crippen molar-refractivity contribution in [2.24, 2.45) is 0 Å². The van der Waals surface area contributed by atoms with Gasteiger partial charge < -0.3 is 24.7 Å². The molecule has 2 aromatic carbocycles. The van der Waals surface area contributed by atoms with Gasteiger partial charge in [0.15, 0.2) is 0 Å². The van der Waals surface area contributed by atoms with Crippen molar-refractivity contribution in [3.05, 3.63) is 91.2 Å². The highest BCUT2D eigenvalue weighted by atomic mass is 35.5. The smallest absolute Gasteiger partial charge is 0.330 e. The summed E-state index contributed by atoms with van der Waals surface area (Å²) in [5.74, 6) is 0. The van der Waals surface area contributed by atoms with Crippen LogP contribution < -0.4 is 21.0 Å². The molecule has 0 saturated carbocycles. The minimum absolute atomic E-state index is 0.108. The molecule has 2 aliphatic rings. The van der Waals surface area contributed by atoms with Crippen molar-refractivity contribution in [3.63, 3.8) is 0 Å². The molecule has 2 aliphatic heterocycles. The van der Waals surface area contributed by atoms with Gasteiger partial charge in [0.05, 0.1) is 18.3 Å². The predicted octanol–water partition coefficient (Wildman–Crippen LogP) is 2.51. The van der Waals surface area contributed by atoms with Crippen molar-refractivity contribution in [2.75, 3.05) is 29.5 Å². The summed E-state index contributed by atoms with van der Waals surface area (Å²) in [7, 11) is 0. The van der Waals surface area contributed by atoms with Gasteiger partial charge in [0.25, 0.3) is 5.56 Å². The first kappa shape index (κ1) is 23.9. The molecule has 3 atom stereocenters. The molecule has 5 rings (SSSR count). The maximum atomic E-state index is 13.2. The van der Waals surface area contributed by atoms with E-state index in [-0.39, 0.29) is 13.0 Å². The van der Waals surface area contributed by atoms with E-state index in [9.17, 15) is 19.8 Å². The minimum Gasteiger partial charge on any atom is -0.394 e. The van der Waals surface area contributed by atoms with Crippen molar-refractivity contribution < 1.29 is 14.9 Å². The third-order valence-electron chi connectivity index (χ3n) is 6.42. The molecule has 9 nitrogen and oxygen atoms in total. The number of anilines is 2. The molecule has 184 valence electrons. The van der Waals surface area contributed by atoms with Crippen LogP contribution in [0.5, 0.6) is 0 Å². The number of aliphatic hydroxyl groups excluding tert-OH is 2. The fourth-order valence-electron chi connectivity index (χ4n) is 4.76. The molecule has 3 heterocycles. The number of nitrogens with one attached hydrogen (secondary N) is 1. The number of aliphatic hydroxyl groups is 2. The van der Waals surface area contributed by atoms with Crippen LogP contribution in [-0.4, -0.2) is 51.7 Å². The van der Waals surface area contributed by atoms with Gasteiger partial charge in [0.1, 0.15) is 18.5 Å². The Labute approximate surface area is 210 Å². The number of aromatic nitrogens is 2. The Morgan fingerprint density at radius 1 is 1.00 bits per heavy atom. The summed E-state index contributed by atoms with van der Waals surface area (Å²) in [5, 5.41) is 20.7. The molecular formula is C24H24Cl2N4O5. The van der Waals surface area contributed by atoms with Gasteiger partial charge >= 0.3 is 5.69 Å². The standard InChI is InChI=1S/C24H24Cl2N4O5/c25-14-3-1-5-16(9-14)28-7-8-29(17-6-2-4-15(26)10-17)23(28)18-12-30(24(34)27-22(18)33)21-11-19(32)20(13-31)35-21/h1-6,9-10,12,19-21,23,31-32H,7-8,11,13H2,(H,27,33,34)/t19-,20+,21+/m0/s1. The normalized spacial score (nSPS) is 22.8. The summed E-state index contributed by atoms with van der Waals surface area (Å²) in [6.45, 7) is 0.791. The van der Waals surface area contributed by atoms with Crippen LogP contribution in [0.25, 0.3) is 0 Å². The molecule has 0 amide bonds. The summed E-state index contributed by atoms with van der Waals surface area (Å²) < 4.78 is 6.94. The number of ether oxygens (including phenoxy) is 1. The summed E-state index contributed by atoms with van der Waals surface area (Å²) in [4.78, 5) is 32.3. The lowest BCUT2D eigenvalue weighted by Crippen LogP contribution is -2.40. The SMILES string of the molecule is O=c1[nH]c(=O)n([C@H]2C[C@H](O)[C@@H](CO)O2)cc1C1N(c2cccc(Cl)c2)CCN1c1cccc(Cl)c1. The average molecular weight is 519 g/mol. The lowest BCUT2D eigenvalue weighted by Gasteiger charge is -2.33. The maximum Gasteiger partial charge on any atom is 0.330 e. The average Bonchev–Trinajstić information content (AvgIpc) is 3.43. The molecule has 35 heavy (non-hydrogen) atoms. The molecule has 1 aromatic heterocycles. The zero-order valence-electron chi connectivity index (χ0n) is 18.6. The van der Waals surface area contributed by atoms with Gasteiger partial charge in [0.2, 0.25) is 0 Å². The number of halogens is 2. The molecule has 2 fully saturated rings. The fraction of sp³-hybridized carbons (Fsp3) is 0.333. The third kappa shape index (κ3) is 4.57. The number of aromatic amines is 1. The Morgan fingerprint density at radius 3 is 2.11 bits per heavy atom. The summed E-state index contributed by atoms with van der Waals surface area (Å²) in [6, 6.07) is 14.7. The summed E-state index contributed by atoms with van der Waals surface area (Å²) >= 11 is 12.5. The van der Waals surface area contributed by atoms with Gasteiger partial charge in [-0.05, 0) is 36.4 Å². The first-order valence-electron chi connectivity index (χ1n) is 11.2. The van der Waals surface area contributed by atoms with Crippen molar-refractivity contribution >= 4 is 34.6 Å². The molecule has 0 unspecified atom stereocenters. The van der Waals surface area contributed by atoms with Crippen LogP contribution in [0.3, 0.4) is 0 Å².